The highest BCUT2D eigenvalue weighted by Crippen LogP contribution is 2.72. The van der Waals surface area contributed by atoms with Crippen molar-refractivity contribution in [3.05, 3.63) is 42.0 Å². The monoisotopic (exact) mass is 582 g/mol. The summed E-state index contributed by atoms with van der Waals surface area (Å²) in [5.41, 5.74) is 1.77. The standard InChI is InChI=1S/C20H30O3.C15H24N2O2/c1-13-11-19-9-5-14-17(2,7-4-8-18(14,3)16(21)22)15(19)6-10-20(13,23)12-19;1-4-5-10-16-14-8-6-13(7-9-14)15(18)19-12-11-17(2)3/h14-15,23H,1,4-12H2,2-3H3,(H,21,22);6-9,16H,4-5,10-12H2,1-3H3/t14-,15-,17+,18+,19+,20-;/m0./s1. The number of nitrogens with one attached hydrogen (secondary N) is 1. The number of ether oxygens (including phenoxy) is 1. The Labute approximate surface area is 253 Å². The smallest absolute Gasteiger partial charge is 0.338 e. The van der Waals surface area contributed by atoms with E-state index in [1.54, 1.807) is 12.1 Å². The molecule has 0 aromatic heterocycles. The number of carbonyl (C=O) groups is 2. The van der Waals surface area contributed by atoms with Crippen LogP contribution in [0.1, 0.15) is 102 Å². The number of aliphatic hydroxyl groups is 1. The van der Waals surface area contributed by atoms with Gasteiger partial charge in [-0.3, -0.25) is 4.79 Å². The molecule has 3 N–H and O–H groups in total. The summed E-state index contributed by atoms with van der Waals surface area (Å²) in [5.74, 6) is -0.0429. The molecule has 1 aromatic carbocycles. The molecule has 1 aromatic rings. The molecule has 4 saturated carbocycles. The van der Waals surface area contributed by atoms with Gasteiger partial charge < -0.3 is 25.2 Å². The fourth-order valence-electron chi connectivity index (χ4n) is 9.14. The highest BCUT2D eigenvalue weighted by atomic mass is 16.5. The Balaban J connectivity index is 0.000000198. The second-order valence-corrected chi connectivity index (χ2v) is 14.4. The van der Waals surface area contributed by atoms with Crippen molar-refractivity contribution in [2.75, 3.05) is 39.1 Å². The highest BCUT2D eigenvalue weighted by molar-refractivity contribution is 5.89. The Morgan fingerprint density at radius 3 is 2.40 bits per heavy atom. The maximum absolute atomic E-state index is 12.0. The number of anilines is 1. The van der Waals surface area contributed by atoms with Crippen LogP contribution in [0.4, 0.5) is 5.69 Å². The number of rotatable bonds is 9. The first-order valence-corrected chi connectivity index (χ1v) is 16.1. The average molecular weight is 583 g/mol. The molecule has 234 valence electrons. The summed E-state index contributed by atoms with van der Waals surface area (Å²) in [6.45, 7) is 12.8. The van der Waals surface area contributed by atoms with E-state index in [1.807, 2.05) is 38.1 Å². The summed E-state index contributed by atoms with van der Waals surface area (Å²) >= 11 is 0. The molecule has 42 heavy (non-hydrogen) atoms. The zero-order valence-corrected chi connectivity index (χ0v) is 26.6. The second kappa shape index (κ2) is 12.7. The molecule has 0 unspecified atom stereocenters. The highest BCUT2D eigenvalue weighted by Gasteiger charge is 2.67. The van der Waals surface area contributed by atoms with Crippen LogP contribution in [-0.2, 0) is 9.53 Å². The minimum atomic E-state index is -0.634. The molecule has 7 heteroatoms. The van der Waals surface area contributed by atoms with E-state index in [0.717, 1.165) is 88.6 Å². The number of aliphatic carboxylic acids is 1. The summed E-state index contributed by atoms with van der Waals surface area (Å²) in [7, 11) is 3.90. The van der Waals surface area contributed by atoms with Gasteiger partial charge in [-0.05, 0) is 131 Å². The minimum absolute atomic E-state index is 0.107. The molecule has 1 spiro atoms. The van der Waals surface area contributed by atoms with Crippen molar-refractivity contribution in [2.24, 2.45) is 28.1 Å². The molecule has 0 heterocycles. The third-order valence-electron chi connectivity index (χ3n) is 11.4. The molecule has 4 aliphatic carbocycles. The summed E-state index contributed by atoms with van der Waals surface area (Å²) < 4.78 is 5.18. The molecule has 0 radical (unpaired) electrons. The van der Waals surface area contributed by atoms with E-state index in [0.29, 0.717) is 18.1 Å². The van der Waals surface area contributed by atoms with Gasteiger partial charge in [0.05, 0.1) is 16.6 Å². The second-order valence-electron chi connectivity index (χ2n) is 14.4. The van der Waals surface area contributed by atoms with E-state index in [-0.39, 0.29) is 22.7 Å². The lowest BCUT2D eigenvalue weighted by Crippen LogP contribution is -2.59. The van der Waals surface area contributed by atoms with Gasteiger partial charge in [-0.25, -0.2) is 4.79 Å². The van der Waals surface area contributed by atoms with Crippen LogP contribution in [0.3, 0.4) is 0 Å². The van der Waals surface area contributed by atoms with Crippen LogP contribution in [0.25, 0.3) is 0 Å². The molecule has 2 bridgehead atoms. The number of carboxylic acids is 1. The number of hydrogen-bond donors (Lipinski definition) is 3. The van der Waals surface area contributed by atoms with Gasteiger partial charge >= 0.3 is 11.9 Å². The summed E-state index contributed by atoms with van der Waals surface area (Å²) in [5, 5.41) is 24.1. The number of benzene rings is 1. The van der Waals surface area contributed by atoms with Crippen molar-refractivity contribution in [3.63, 3.8) is 0 Å². The Kier molecular flexibility index (Phi) is 9.83. The molecule has 6 atom stereocenters. The fourth-order valence-corrected chi connectivity index (χ4v) is 9.14. The predicted octanol–water partition coefficient (Wildman–Crippen LogP) is 6.77. The molecule has 4 fully saturated rings. The van der Waals surface area contributed by atoms with E-state index in [4.69, 9.17) is 4.74 Å². The SMILES string of the molecule is C=C1C[C@@]23CC[C@H]4[C@@](C)(CCC[C@@]4(C)C(=O)O)[C@@H]2CC[C@]1(O)C3.CCCCNc1ccc(C(=O)OCCN(C)C)cc1. The van der Waals surface area contributed by atoms with Gasteiger partial charge in [0, 0.05) is 18.8 Å². The molecule has 0 saturated heterocycles. The van der Waals surface area contributed by atoms with Crippen molar-refractivity contribution in [3.8, 4) is 0 Å². The quantitative estimate of drug-likeness (QED) is 0.168. The molecule has 5 rings (SSSR count). The van der Waals surface area contributed by atoms with Gasteiger partial charge in [0.15, 0.2) is 0 Å². The van der Waals surface area contributed by atoms with Gasteiger partial charge in [0.1, 0.15) is 6.61 Å². The molecule has 7 nitrogen and oxygen atoms in total. The van der Waals surface area contributed by atoms with Gasteiger partial charge in [-0.2, -0.15) is 0 Å². The van der Waals surface area contributed by atoms with E-state index < -0.39 is 17.0 Å². The summed E-state index contributed by atoms with van der Waals surface area (Å²) in [6, 6.07) is 7.43. The maximum Gasteiger partial charge on any atom is 0.338 e. The number of fused-ring (bicyclic) bond motifs is 3. The van der Waals surface area contributed by atoms with E-state index in [2.05, 4.69) is 25.7 Å². The molecule has 4 aliphatic rings. The van der Waals surface area contributed by atoms with E-state index in [1.165, 1.54) is 6.42 Å². The van der Waals surface area contributed by atoms with Gasteiger partial charge in [0.25, 0.3) is 0 Å². The van der Waals surface area contributed by atoms with Crippen LogP contribution < -0.4 is 5.32 Å². The maximum atomic E-state index is 12.0. The first-order valence-electron chi connectivity index (χ1n) is 16.1. The lowest BCUT2D eigenvalue weighted by Gasteiger charge is -2.63. The third kappa shape index (κ3) is 6.28. The van der Waals surface area contributed by atoms with E-state index in [9.17, 15) is 19.8 Å². The Morgan fingerprint density at radius 2 is 1.76 bits per heavy atom. The number of esters is 1. The Morgan fingerprint density at radius 1 is 1.07 bits per heavy atom. The van der Waals surface area contributed by atoms with Crippen LogP contribution in [0.5, 0.6) is 0 Å². The van der Waals surface area contributed by atoms with Crippen LogP contribution in [0.15, 0.2) is 36.4 Å². The average Bonchev–Trinajstić information content (AvgIpc) is 3.11. The van der Waals surface area contributed by atoms with Crippen LogP contribution >= 0.6 is 0 Å². The van der Waals surface area contributed by atoms with Crippen LogP contribution in [0.2, 0.25) is 0 Å². The predicted molar refractivity (Wildman–Crippen MR) is 168 cm³/mol. The Bertz CT molecular complexity index is 1130. The largest absolute Gasteiger partial charge is 0.481 e. The van der Waals surface area contributed by atoms with E-state index >= 15 is 0 Å². The van der Waals surface area contributed by atoms with Crippen LogP contribution in [-0.4, -0.2) is 66.4 Å². The van der Waals surface area contributed by atoms with Crippen molar-refractivity contribution < 1.29 is 24.5 Å². The first-order chi connectivity index (χ1) is 19.8. The first kappa shape index (κ1) is 32.5. The molecule has 0 amide bonds. The molecular formula is C35H54N2O5. The zero-order valence-electron chi connectivity index (χ0n) is 26.6. The summed E-state index contributed by atoms with van der Waals surface area (Å²) in [4.78, 5) is 25.8. The number of likely N-dealkylation sites (N-methyl/N-ethyl adjacent to an activating group) is 1. The fraction of sp³-hybridized carbons (Fsp3) is 0.714. The van der Waals surface area contributed by atoms with Gasteiger partial charge in [-0.1, -0.05) is 33.3 Å². The Hall–Kier alpha value is -2.38. The third-order valence-corrected chi connectivity index (χ3v) is 11.4. The zero-order chi connectivity index (χ0) is 30.8. The minimum Gasteiger partial charge on any atom is -0.481 e. The normalized spacial score (nSPS) is 35.0. The van der Waals surface area contributed by atoms with Crippen LogP contribution in [0, 0.1) is 28.1 Å². The number of carboxylic acid groups (broad SMARTS) is 1. The number of carbonyl (C=O) groups excluding carboxylic acids is 1. The van der Waals surface area contributed by atoms with Gasteiger partial charge in [-0.15, -0.1) is 0 Å². The lowest BCUT2D eigenvalue weighted by molar-refractivity contribution is -0.186. The van der Waals surface area contributed by atoms with Crippen molar-refractivity contribution in [2.45, 2.75) is 97.0 Å². The summed E-state index contributed by atoms with van der Waals surface area (Å²) in [6.07, 6.45) is 11.1. The van der Waals surface area contributed by atoms with Crippen molar-refractivity contribution in [1.29, 1.82) is 0 Å². The number of unbranched alkanes of at least 4 members (excludes halogenated alkanes) is 1. The van der Waals surface area contributed by atoms with Crippen molar-refractivity contribution in [1.82, 2.24) is 4.90 Å². The molecule has 0 aliphatic heterocycles. The lowest BCUT2D eigenvalue weighted by atomic mass is 9.41. The number of hydrogen-bond acceptors (Lipinski definition) is 6. The molecular weight excluding hydrogens is 528 g/mol. The topological polar surface area (TPSA) is 99.1 Å². The number of nitrogens with zero attached hydrogens (tertiary/aromatic N) is 1. The van der Waals surface area contributed by atoms with Gasteiger partial charge in [0.2, 0.25) is 0 Å². The van der Waals surface area contributed by atoms with Crippen molar-refractivity contribution >= 4 is 17.6 Å².